The average molecular weight is 300 g/mol. The van der Waals surface area contributed by atoms with E-state index in [1.165, 1.54) is 12.1 Å². The lowest BCUT2D eigenvalue weighted by atomic mass is 10.3. The summed E-state index contributed by atoms with van der Waals surface area (Å²) in [6, 6.07) is 8.01. The van der Waals surface area contributed by atoms with E-state index < -0.39 is 0 Å². The average Bonchev–Trinajstić information content (AvgIpc) is 2.89. The number of benzene rings is 1. The van der Waals surface area contributed by atoms with E-state index in [1.54, 1.807) is 18.3 Å². The molecule has 3 rings (SSSR count). The van der Waals surface area contributed by atoms with Crippen molar-refractivity contribution in [2.45, 2.75) is 6.92 Å². The summed E-state index contributed by atoms with van der Waals surface area (Å²) in [5.41, 5.74) is 1.91. The van der Waals surface area contributed by atoms with Crippen molar-refractivity contribution in [3.05, 3.63) is 54.2 Å². The van der Waals surface area contributed by atoms with E-state index in [2.05, 4.69) is 10.1 Å². The van der Waals surface area contributed by atoms with Gasteiger partial charge in [-0.25, -0.2) is 13.9 Å². The zero-order valence-corrected chi connectivity index (χ0v) is 12.5. The Morgan fingerprint density at radius 2 is 2.05 bits per heavy atom. The van der Waals surface area contributed by atoms with E-state index >= 15 is 0 Å². The minimum atomic E-state index is -0.267. The van der Waals surface area contributed by atoms with E-state index in [4.69, 9.17) is 4.74 Å². The maximum absolute atomic E-state index is 12.8. The lowest BCUT2D eigenvalue weighted by Crippen LogP contribution is -2.25. The minimum Gasteiger partial charge on any atom is -0.492 e. The minimum absolute atomic E-state index is 0.267. The van der Waals surface area contributed by atoms with Crippen molar-refractivity contribution in [2.24, 2.45) is 0 Å². The van der Waals surface area contributed by atoms with E-state index in [0.717, 1.165) is 17.0 Å². The second kappa shape index (κ2) is 6.01. The maximum atomic E-state index is 12.8. The molecule has 22 heavy (non-hydrogen) atoms. The summed E-state index contributed by atoms with van der Waals surface area (Å²) in [5.74, 6) is 1.24. The highest BCUT2D eigenvalue weighted by atomic mass is 19.1. The zero-order valence-electron chi connectivity index (χ0n) is 12.5. The monoisotopic (exact) mass is 300 g/mol. The lowest BCUT2D eigenvalue weighted by Gasteiger charge is -2.19. The van der Waals surface area contributed by atoms with Gasteiger partial charge < -0.3 is 9.64 Å². The van der Waals surface area contributed by atoms with E-state index in [9.17, 15) is 4.39 Å². The maximum Gasteiger partial charge on any atom is 0.154 e. The number of nitrogens with zero attached hydrogens (tertiary/aromatic N) is 4. The van der Waals surface area contributed by atoms with Gasteiger partial charge in [0.05, 0.1) is 12.2 Å². The predicted octanol–water partition coefficient (Wildman–Crippen LogP) is 2.69. The molecule has 6 heteroatoms. The fourth-order valence-corrected chi connectivity index (χ4v) is 2.26. The van der Waals surface area contributed by atoms with Crippen molar-refractivity contribution < 1.29 is 9.13 Å². The molecule has 1 aromatic carbocycles. The third-order valence-corrected chi connectivity index (χ3v) is 3.36. The third kappa shape index (κ3) is 3.00. The van der Waals surface area contributed by atoms with Gasteiger partial charge in [0, 0.05) is 19.4 Å². The van der Waals surface area contributed by atoms with E-state index in [0.29, 0.717) is 18.9 Å². The molecule has 0 unspecified atom stereocenters. The molecule has 114 valence electrons. The summed E-state index contributed by atoms with van der Waals surface area (Å²) >= 11 is 0. The molecule has 0 bridgehead atoms. The molecule has 2 aromatic heterocycles. The van der Waals surface area contributed by atoms with Crippen LogP contribution in [-0.2, 0) is 0 Å². The van der Waals surface area contributed by atoms with Gasteiger partial charge in [-0.05, 0) is 37.3 Å². The summed E-state index contributed by atoms with van der Waals surface area (Å²) in [4.78, 5) is 6.43. The molecule has 0 atom stereocenters. The topological polar surface area (TPSA) is 42.7 Å². The Hall–Kier alpha value is -2.63. The van der Waals surface area contributed by atoms with Crippen LogP contribution in [0.3, 0.4) is 0 Å². The SMILES string of the molecule is Cc1cc2c(N(C)CCOc3ccc(F)cc3)nccn2n1. The molecule has 0 amide bonds. The Labute approximate surface area is 128 Å². The van der Waals surface area contributed by atoms with Gasteiger partial charge in [0.2, 0.25) is 0 Å². The zero-order chi connectivity index (χ0) is 15.5. The molecule has 0 fully saturated rings. The second-order valence-electron chi connectivity index (χ2n) is 5.09. The number of anilines is 1. The Bertz CT molecular complexity index is 769. The van der Waals surface area contributed by atoms with E-state index in [-0.39, 0.29) is 5.82 Å². The van der Waals surface area contributed by atoms with Crippen LogP contribution in [0.25, 0.3) is 5.52 Å². The van der Waals surface area contributed by atoms with Gasteiger partial charge in [0.1, 0.15) is 23.7 Å². The highest BCUT2D eigenvalue weighted by Gasteiger charge is 2.09. The van der Waals surface area contributed by atoms with Gasteiger partial charge >= 0.3 is 0 Å². The Balaban J connectivity index is 1.66. The molecule has 2 heterocycles. The van der Waals surface area contributed by atoms with Crippen molar-refractivity contribution in [2.75, 3.05) is 25.1 Å². The molecule has 0 spiro atoms. The van der Waals surface area contributed by atoms with Crippen LogP contribution in [0.5, 0.6) is 5.75 Å². The molecule has 5 nitrogen and oxygen atoms in total. The molecule has 0 saturated carbocycles. The number of aryl methyl sites for hydroxylation is 1. The standard InChI is InChI=1S/C16H17FN4O/c1-12-11-15-16(18-7-8-21(15)19-12)20(2)9-10-22-14-5-3-13(17)4-6-14/h3-8,11H,9-10H2,1-2H3. The van der Waals surface area contributed by atoms with Gasteiger partial charge in [-0.1, -0.05) is 0 Å². The first kappa shape index (κ1) is 14.3. The van der Waals surface area contributed by atoms with Gasteiger partial charge in [-0.3, -0.25) is 0 Å². The molecular weight excluding hydrogens is 283 g/mol. The van der Waals surface area contributed by atoms with Gasteiger partial charge in [0.15, 0.2) is 5.82 Å². The lowest BCUT2D eigenvalue weighted by molar-refractivity contribution is 0.325. The van der Waals surface area contributed by atoms with Gasteiger partial charge in [-0.2, -0.15) is 5.10 Å². The fourth-order valence-electron chi connectivity index (χ4n) is 2.26. The first-order valence-electron chi connectivity index (χ1n) is 7.04. The number of hydrogen-bond donors (Lipinski definition) is 0. The number of hydrogen-bond acceptors (Lipinski definition) is 4. The van der Waals surface area contributed by atoms with Crippen molar-refractivity contribution in [3.8, 4) is 5.75 Å². The normalized spacial score (nSPS) is 10.9. The number of halogens is 1. The Kier molecular flexibility index (Phi) is 3.91. The van der Waals surface area contributed by atoms with Crippen LogP contribution < -0.4 is 9.64 Å². The number of fused-ring (bicyclic) bond motifs is 1. The molecule has 0 N–H and O–H groups in total. The van der Waals surface area contributed by atoms with E-state index in [1.807, 2.05) is 35.6 Å². The molecule has 0 saturated heterocycles. The summed E-state index contributed by atoms with van der Waals surface area (Å²) in [6.07, 6.45) is 3.56. The number of rotatable bonds is 5. The largest absolute Gasteiger partial charge is 0.492 e. The highest BCUT2D eigenvalue weighted by Crippen LogP contribution is 2.18. The second-order valence-corrected chi connectivity index (χ2v) is 5.09. The molecule has 0 aliphatic rings. The predicted molar refractivity (Wildman–Crippen MR) is 82.9 cm³/mol. The van der Waals surface area contributed by atoms with Crippen LogP contribution in [0.1, 0.15) is 5.69 Å². The molecule has 0 aliphatic carbocycles. The van der Waals surface area contributed by atoms with Crippen molar-refractivity contribution in [1.82, 2.24) is 14.6 Å². The van der Waals surface area contributed by atoms with Crippen LogP contribution in [-0.4, -0.2) is 34.8 Å². The van der Waals surface area contributed by atoms with Crippen LogP contribution >= 0.6 is 0 Å². The first-order chi connectivity index (χ1) is 10.6. The molecular formula is C16H17FN4O. The van der Waals surface area contributed by atoms with Crippen LogP contribution in [0.2, 0.25) is 0 Å². The number of ether oxygens (including phenoxy) is 1. The molecule has 0 radical (unpaired) electrons. The van der Waals surface area contributed by atoms with Crippen LogP contribution in [0.15, 0.2) is 42.7 Å². The fraction of sp³-hybridized carbons (Fsp3) is 0.250. The quantitative estimate of drug-likeness (QED) is 0.726. The van der Waals surface area contributed by atoms with Gasteiger partial charge in [-0.15, -0.1) is 0 Å². The Morgan fingerprint density at radius 3 is 2.82 bits per heavy atom. The van der Waals surface area contributed by atoms with Crippen LogP contribution in [0, 0.1) is 12.7 Å². The Morgan fingerprint density at radius 1 is 1.27 bits per heavy atom. The first-order valence-corrected chi connectivity index (χ1v) is 7.04. The van der Waals surface area contributed by atoms with Crippen molar-refractivity contribution in [3.63, 3.8) is 0 Å². The van der Waals surface area contributed by atoms with Gasteiger partial charge in [0.25, 0.3) is 0 Å². The van der Waals surface area contributed by atoms with Crippen molar-refractivity contribution in [1.29, 1.82) is 0 Å². The smallest absolute Gasteiger partial charge is 0.154 e. The van der Waals surface area contributed by atoms with Crippen molar-refractivity contribution >= 4 is 11.3 Å². The highest BCUT2D eigenvalue weighted by molar-refractivity contribution is 5.68. The molecule has 3 aromatic rings. The summed E-state index contributed by atoms with van der Waals surface area (Å²) in [7, 11) is 1.96. The molecule has 0 aliphatic heterocycles. The number of likely N-dealkylation sites (N-methyl/N-ethyl adjacent to an activating group) is 1. The number of aromatic nitrogens is 3. The summed E-state index contributed by atoms with van der Waals surface area (Å²) < 4.78 is 20.3. The summed E-state index contributed by atoms with van der Waals surface area (Å²) in [6.45, 7) is 3.10. The summed E-state index contributed by atoms with van der Waals surface area (Å²) in [5, 5.41) is 4.38. The van der Waals surface area contributed by atoms with Crippen LogP contribution in [0.4, 0.5) is 10.2 Å². The third-order valence-electron chi connectivity index (χ3n) is 3.36.